The Morgan fingerprint density at radius 1 is 1.13 bits per heavy atom. The first-order valence-electron chi connectivity index (χ1n) is 9.20. The summed E-state index contributed by atoms with van der Waals surface area (Å²) in [6.07, 6.45) is 1.68. The van der Waals surface area contributed by atoms with E-state index in [2.05, 4.69) is 4.98 Å². The van der Waals surface area contributed by atoms with Gasteiger partial charge in [0.15, 0.2) is 4.96 Å². The molecule has 0 bridgehead atoms. The van der Waals surface area contributed by atoms with Crippen LogP contribution >= 0.6 is 11.3 Å². The third-order valence-electron chi connectivity index (χ3n) is 5.05. The summed E-state index contributed by atoms with van der Waals surface area (Å²) < 4.78 is 8.01. The number of imidazole rings is 1. The Kier molecular flexibility index (Phi) is 4.04. The molecule has 8 heteroatoms. The Balaban J connectivity index is 1.61. The van der Waals surface area contributed by atoms with E-state index < -0.39 is 4.92 Å². The molecule has 0 amide bonds. The minimum absolute atomic E-state index is 0.0470. The number of nitro groups is 1. The van der Waals surface area contributed by atoms with Gasteiger partial charge in [-0.1, -0.05) is 23.5 Å². The summed E-state index contributed by atoms with van der Waals surface area (Å²) in [7, 11) is 0. The van der Waals surface area contributed by atoms with Crippen molar-refractivity contribution in [2.45, 2.75) is 13.8 Å². The summed E-state index contributed by atoms with van der Waals surface area (Å²) in [5.74, 6) is 1.01. The number of aromatic nitrogens is 2. The minimum atomic E-state index is -0.399. The molecule has 0 aliphatic rings. The fourth-order valence-electron chi connectivity index (χ4n) is 3.62. The van der Waals surface area contributed by atoms with Gasteiger partial charge in [-0.3, -0.25) is 14.9 Å². The number of rotatable bonds is 3. The van der Waals surface area contributed by atoms with E-state index in [1.165, 1.54) is 17.4 Å². The van der Waals surface area contributed by atoms with E-state index in [-0.39, 0.29) is 11.2 Å². The van der Waals surface area contributed by atoms with Crippen molar-refractivity contribution in [1.29, 1.82) is 0 Å². The zero-order chi connectivity index (χ0) is 21.0. The fraction of sp³-hybridized carbons (Fsp3) is 0.0909. The molecule has 148 valence electrons. The third-order valence-corrected chi connectivity index (χ3v) is 6.02. The second-order valence-electron chi connectivity index (χ2n) is 7.05. The summed E-state index contributed by atoms with van der Waals surface area (Å²) in [5.41, 5.74) is 3.59. The smallest absolute Gasteiger partial charge is 0.275 e. The number of hydrogen-bond donors (Lipinski definition) is 0. The lowest BCUT2D eigenvalue weighted by molar-refractivity contribution is -0.385. The van der Waals surface area contributed by atoms with Crippen LogP contribution in [0.25, 0.3) is 33.4 Å². The highest BCUT2D eigenvalue weighted by atomic mass is 32.1. The highest BCUT2D eigenvalue weighted by Gasteiger charge is 2.17. The Morgan fingerprint density at radius 3 is 2.73 bits per heavy atom. The summed E-state index contributed by atoms with van der Waals surface area (Å²) in [6.45, 7) is 3.59. The van der Waals surface area contributed by atoms with Crippen LogP contribution < -0.4 is 10.1 Å². The first kappa shape index (κ1) is 18.3. The van der Waals surface area contributed by atoms with Crippen LogP contribution in [0.2, 0.25) is 0 Å². The number of hydrogen-bond acceptors (Lipinski definition) is 6. The van der Waals surface area contributed by atoms with Crippen molar-refractivity contribution in [1.82, 2.24) is 9.38 Å². The number of nitrogens with zero attached hydrogens (tertiary/aromatic N) is 3. The first-order chi connectivity index (χ1) is 14.4. The average molecular weight is 417 g/mol. The maximum absolute atomic E-state index is 12.9. The molecule has 7 nitrogen and oxygen atoms in total. The van der Waals surface area contributed by atoms with E-state index in [4.69, 9.17) is 4.42 Å². The van der Waals surface area contributed by atoms with E-state index in [1.807, 2.05) is 31.2 Å². The van der Waals surface area contributed by atoms with E-state index in [0.29, 0.717) is 32.1 Å². The molecule has 0 aliphatic carbocycles. The van der Waals surface area contributed by atoms with E-state index in [0.717, 1.165) is 16.6 Å². The van der Waals surface area contributed by atoms with Crippen molar-refractivity contribution in [2.24, 2.45) is 0 Å². The molecule has 3 aromatic heterocycles. The molecule has 0 saturated carbocycles. The summed E-state index contributed by atoms with van der Waals surface area (Å²) >= 11 is 1.30. The highest BCUT2D eigenvalue weighted by Crippen LogP contribution is 2.31. The number of furan rings is 1. The van der Waals surface area contributed by atoms with Crippen molar-refractivity contribution in [3.63, 3.8) is 0 Å². The van der Waals surface area contributed by atoms with Crippen LogP contribution in [-0.2, 0) is 0 Å². The number of fused-ring (bicyclic) bond motifs is 3. The van der Waals surface area contributed by atoms with Gasteiger partial charge < -0.3 is 4.42 Å². The summed E-state index contributed by atoms with van der Waals surface area (Å²) in [5, 5.41) is 11.3. The molecule has 0 radical (unpaired) electrons. The van der Waals surface area contributed by atoms with Gasteiger partial charge in [-0.05, 0) is 49.7 Å². The van der Waals surface area contributed by atoms with Crippen molar-refractivity contribution in [3.8, 4) is 11.3 Å². The minimum Gasteiger partial charge on any atom is -0.457 e. The van der Waals surface area contributed by atoms with Crippen LogP contribution in [0.3, 0.4) is 0 Å². The molecular formula is C22H15N3O4S. The molecule has 5 aromatic rings. The largest absolute Gasteiger partial charge is 0.457 e. The average Bonchev–Trinajstić information content (AvgIpc) is 3.38. The van der Waals surface area contributed by atoms with Crippen LogP contribution in [0.1, 0.15) is 16.9 Å². The molecule has 30 heavy (non-hydrogen) atoms. The van der Waals surface area contributed by atoms with Crippen molar-refractivity contribution in [3.05, 3.63) is 90.4 Å². The molecule has 0 N–H and O–H groups in total. The lowest BCUT2D eigenvalue weighted by Gasteiger charge is -2.05. The lowest BCUT2D eigenvalue weighted by atomic mass is 10.0. The van der Waals surface area contributed by atoms with Crippen LogP contribution in [0.5, 0.6) is 0 Å². The maximum atomic E-state index is 12.9. The first-order valence-corrected chi connectivity index (χ1v) is 10.0. The number of nitro benzene ring substituents is 1. The number of thiazole rings is 1. The lowest BCUT2D eigenvalue weighted by Crippen LogP contribution is -2.22. The van der Waals surface area contributed by atoms with Crippen LogP contribution in [0, 0.1) is 24.0 Å². The summed E-state index contributed by atoms with van der Waals surface area (Å²) in [4.78, 5) is 28.9. The molecule has 0 fully saturated rings. The fourth-order valence-corrected chi connectivity index (χ4v) is 4.59. The van der Waals surface area contributed by atoms with E-state index >= 15 is 0 Å². The van der Waals surface area contributed by atoms with E-state index in [1.54, 1.807) is 35.6 Å². The maximum Gasteiger partial charge on any atom is 0.275 e. The summed E-state index contributed by atoms with van der Waals surface area (Å²) in [6, 6.07) is 14.3. The van der Waals surface area contributed by atoms with Gasteiger partial charge in [0.1, 0.15) is 16.1 Å². The molecule has 0 spiro atoms. The molecule has 0 unspecified atom stereocenters. The topological polar surface area (TPSA) is 90.6 Å². The monoisotopic (exact) mass is 417 g/mol. The van der Waals surface area contributed by atoms with Gasteiger partial charge in [-0.2, -0.15) is 0 Å². The molecular weight excluding hydrogens is 402 g/mol. The van der Waals surface area contributed by atoms with Crippen LogP contribution in [-0.4, -0.2) is 14.3 Å². The Morgan fingerprint density at radius 2 is 1.93 bits per heavy atom. The third kappa shape index (κ3) is 2.81. The molecule has 2 aromatic carbocycles. The molecule has 3 heterocycles. The van der Waals surface area contributed by atoms with Gasteiger partial charge in [0.05, 0.1) is 16.0 Å². The SMILES string of the molecule is Cc1cc(C)c([N+](=O)[O-])cc1-c1ccc(/C=c2\sc3nc4ccccc4n3c2=O)o1. The van der Waals surface area contributed by atoms with Gasteiger partial charge in [0, 0.05) is 23.3 Å². The van der Waals surface area contributed by atoms with Crippen molar-refractivity contribution >= 4 is 39.1 Å². The second-order valence-corrected chi connectivity index (χ2v) is 8.06. The Labute approximate surface area is 173 Å². The van der Waals surface area contributed by atoms with Gasteiger partial charge in [0.2, 0.25) is 0 Å². The van der Waals surface area contributed by atoms with E-state index in [9.17, 15) is 14.9 Å². The van der Waals surface area contributed by atoms with Gasteiger partial charge in [0.25, 0.3) is 11.2 Å². The number of aryl methyl sites for hydroxylation is 2. The van der Waals surface area contributed by atoms with Crippen LogP contribution in [0.15, 0.2) is 57.7 Å². The quantitative estimate of drug-likeness (QED) is 0.323. The predicted molar refractivity (Wildman–Crippen MR) is 116 cm³/mol. The predicted octanol–water partition coefficient (Wildman–Crippen LogP) is 4.24. The van der Waals surface area contributed by atoms with Gasteiger partial charge in [-0.15, -0.1) is 0 Å². The Bertz CT molecular complexity index is 1580. The van der Waals surface area contributed by atoms with Crippen molar-refractivity contribution in [2.75, 3.05) is 0 Å². The standard InChI is InChI=1S/C22H15N3O4S/c1-12-9-13(2)18(25(27)28)11-15(12)19-8-7-14(29-19)10-20-21(26)24-17-6-4-3-5-16(17)23-22(24)30-20/h3-11H,1-2H3/b20-10-. The zero-order valence-corrected chi connectivity index (χ0v) is 16.9. The van der Waals surface area contributed by atoms with Gasteiger partial charge >= 0.3 is 0 Å². The molecule has 0 aliphatic heterocycles. The Hall–Kier alpha value is -3.78. The highest BCUT2D eigenvalue weighted by molar-refractivity contribution is 7.15. The normalized spacial score (nSPS) is 12.3. The van der Waals surface area contributed by atoms with Crippen molar-refractivity contribution < 1.29 is 9.34 Å². The molecule has 0 saturated heterocycles. The zero-order valence-electron chi connectivity index (χ0n) is 16.1. The molecule has 0 atom stereocenters. The molecule has 5 rings (SSSR count). The number of benzene rings is 2. The van der Waals surface area contributed by atoms with Crippen LogP contribution in [0.4, 0.5) is 5.69 Å². The number of para-hydroxylation sites is 2. The van der Waals surface area contributed by atoms with Gasteiger partial charge in [-0.25, -0.2) is 9.38 Å². The second kappa shape index (κ2) is 6.64.